The van der Waals surface area contributed by atoms with Crippen LogP contribution in [0.3, 0.4) is 0 Å². The highest BCUT2D eigenvalue weighted by atomic mass is 16.5. The maximum atomic E-state index is 10.8. The normalized spacial score (nSPS) is 9.40. The van der Waals surface area contributed by atoms with Gasteiger partial charge in [-0.05, 0) is 6.07 Å². The maximum Gasteiger partial charge on any atom is 0.426 e. The Balaban J connectivity index is 2.76. The zero-order valence-electron chi connectivity index (χ0n) is 8.24. The van der Waals surface area contributed by atoms with E-state index >= 15 is 0 Å². The molecule has 0 bridgehead atoms. The van der Waals surface area contributed by atoms with Gasteiger partial charge < -0.3 is 10.1 Å². The van der Waals surface area contributed by atoms with Crippen molar-refractivity contribution in [2.75, 3.05) is 5.32 Å². The van der Waals surface area contributed by atoms with Crippen LogP contribution >= 0.6 is 0 Å². The summed E-state index contributed by atoms with van der Waals surface area (Å²) in [7, 11) is 0. The first-order valence-electron chi connectivity index (χ1n) is 4.33. The van der Waals surface area contributed by atoms with E-state index in [0.717, 1.165) is 0 Å². The van der Waals surface area contributed by atoms with Crippen molar-refractivity contribution >= 4 is 17.7 Å². The molecule has 0 fully saturated rings. The van der Waals surface area contributed by atoms with Gasteiger partial charge in [-0.1, -0.05) is 18.2 Å². The summed E-state index contributed by atoms with van der Waals surface area (Å²) in [5, 5.41) is 2.61. The van der Waals surface area contributed by atoms with E-state index in [9.17, 15) is 9.59 Å². The summed E-state index contributed by atoms with van der Waals surface area (Å²) in [5.74, 6) is -0.195. The monoisotopic (exact) mass is 207 g/mol. The summed E-state index contributed by atoms with van der Waals surface area (Å²) in [5.41, 5.74) is 7.84. The van der Waals surface area contributed by atoms with E-state index in [2.05, 4.69) is 10.1 Å². The van der Waals surface area contributed by atoms with Gasteiger partial charge in [0.15, 0.2) is 0 Å². The van der Waals surface area contributed by atoms with Crippen LogP contribution in [0, 0.1) is 0 Å². The molecule has 0 saturated carbocycles. The third-order valence-electron chi connectivity index (χ3n) is 1.69. The van der Waals surface area contributed by atoms with Crippen LogP contribution in [0.4, 0.5) is 10.5 Å². The van der Waals surface area contributed by atoms with Gasteiger partial charge in [0, 0.05) is 18.2 Å². The smallest absolute Gasteiger partial charge is 0.426 e. The minimum Gasteiger partial charge on any atom is -0.443 e. The van der Waals surface area contributed by atoms with Crippen molar-refractivity contribution in [3.63, 3.8) is 0 Å². The molecule has 0 heterocycles. The Kier molecular flexibility index (Phi) is 3.68. The molecule has 1 rings (SSSR count). The van der Waals surface area contributed by atoms with Crippen molar-refractivity contribution < 1.29 is 14.3 Å². The molecule has 0 atom stereocenters. The number of hydrogen-bond donors (Lipinski definition) is 1. The van der Waals surface area contributed by atoms with Crippen LogP contribution in [0.15, 0.2) is 24.3 Å². The zero-order chi connectivity index (χ0) is 11.3. The van der Waals surface area contributed by atoms with E-state index in [1.54, 1.807) is 24.3 Å². The lowest BCUT2D eigenvalue weighted by Gasteiger charge is -2.08. The Bertz CT molecular complexity index is 377. The molecule has 0 unspecified atom stereocenters. The molecule has 1 aromatic carbocycles. The van der Waals surface area contributed by atoms with Crippen LogP contribution in [0.25, 0.3) is 0 Å². The fourth-order valence-electron chi connectivity index (χ4n) is 1.10. The number of nitrogens with one attached hydrogen (secondary N) is 2. The number of rotatable bonds is 3. The van der Waals surface area contributed by atoms with Crippen LogP contribution in [0.5, 0.6) is 0 Å². The molecule has 1 radical (unpaired) electrons. The van der Waals surface area contributed by atoms with Crippen molar-refractivity contribution in [2.45, 2.75) is 13.5 Å². The SMILES string of the molecule is CC(=O)Nc1ccccc1COC([NH])=O. The highest BCUT2D eigenvalue weighted by Gasteiger charge is 2.04. The number of anilines is 1. The third-order valence-corrected chi connectivity index (χ3v) is 1.69. The first-order valence-corrected chi connectivity index (χ1v) is 4.33. The lowest BCUT2D eigenvalue weighted by atomic mass is 10.2. The van der Waals surface area contributed by atoms with E-state index in [1.807, 2.05) is 0 Å². The molecule has 0 spiro atoms. The van der Waals surface area contributed by atoms with Crippen molar-refractivity contribution in [2.24, 2.45) is 0 Å². The Morgan fingerprint density at radius 2 is 2.07 bits per heavy atom. The Labute approximate surface area is 87.2 Å². The summed E-state index contributed by atoms with van der Waals surface area (Å²) in [6.45, 7) is 1.38. The van der Waals surface area contributed by atoms with E-state index in [4.69, 9.17) is 5.73 Å². The van der Waals surface area contributed by atoms with Gasteiger partial charge in [-0.3, -0.25) is 4.79 Å². The number of amides is 2. The molecule has 79 valence electrons. The molecular weight excluding hydrogens is 196 g/mol. The Morgan fingerprint density at radius 3 is 2.67 bits per heavy atom. The van der Waals surface area contributed by atoms with Gasteiger partial charge in [-0.25, -0.2) is 10.5 Å². The van der Waals surface area contributed by atoms with Gasteiger partial charge in [-0.15, -0.1) is 0 Å². The second-order valence-corrected chi connectivity index (χ2v) is 2.91. The summed E-state index contributed by atoms with van der Waals surface area (Å²) in [4.78, 5) is 21.2. The highest BCUT2D eigenvalue weighted by molar-refractivity contribution is 5.89. The van der Waals surface area contributed by atoms with Crippen molar-refractivity contribution in [1.82, 2.24) is 5.73 Å². The number of carbonyl (C=O) groups is 2. The largest absolute Gasteiger partial charge is 0.443 e. The molecule has 0 aromatic heterocycles. The van der Waals surface area contributed by atoms with Crippen molar-refractivity contribution in [3.05, 3.63) is 29.8 Å². The van der Waals surface area contributed by atoms with Crippen LogP contribution in [-0.2, 0) is 16.1 Å². The molecule has 0 aliphatic carbocycles. The minimum absolute atomic E-state index is 0.0151. The first kappa shape index (κ1) is 11.0. The number of carbonyl (C=O) groups excluding carboxylic acids is 2. The Hall–Kier alpha value is -2.04. The van der Waals surface area contributed by atoms with Gasteiger partial charge in [0.25, 0.3) is 0 Å². The lowest BCUT2D eigenvalue weighted by molar-refractivity contribution is -0.114. The van der Waals surface area contributed by atoms with Crippen molar-refractivity contribution in [1.29, 1.82) is 0 Å². The fraction of sp³-hybridized carbons (Fsp3) is 0.200. The summed E-state index contributed by atoms with van der Waals surface area (Å²) < 4.78 is 4.53. The average molecular weight is 207 g/mol. The molecule has 5 heteroatoms. The maximum absolute atomic E-state index is 10.8. The van der Waals surface area contributed by atoms with Gasteiger partial charge >= 0.3 is 6.09 Å². The van der Waals surface area contributed by atoms with E-state index in [1.165, 1.54) is 6.92 Å². The number of ether oxygens (including phenoxy) is 1. The van der Waals surface area contributed by atoms with E-state index in [0.29, 0.717) is 11.3 Å². The van der Waals surface area contributed by atoms with Gasteiger partial charge in [0.2, 0.25) is 5.91 Å². The highest BCUT2D eigenvalue weighted by Crippen LogP contribution is 2.15. The van der Waals surface area contributed by atoms with Gasteiger partial charge in [0.05, 0.1) is 0 Å². The zero-order valence-corrected chi connectivity index (χ0v) is 8.24. The van der Waals surface area contributed by atoms with E-state index < -0.39 is 6.09 Å². The van der Waals surface area contributed by atoms with Gasteiger partial charge in [0.1, 0.15) is 6.61 Å². The topological polar surface area (TPSA) is 79.2 Å². The molecule has 0 aliphatic rings. The van der Waals surface area contributed by atoms with Crippen molar-refractivity contribution in [3.8, 4) is 0 Å². The van der Waals surface area contributed by atoms with E-state index in [-0.39, 0.29) is 12.5 Å². The standard InChI is InChI=1S/C10H11N2O3/c1-7(13)12-9-5-3-2-4-8(9)6-15-10(11)14/h2-5,11H,6H2,1H3,(H,12,13). The second-order valence-electron chi connectivity index (χ2n) is 2.91. The first-order chi connectivity index (χ1) is 7.09. The van der Waals surface area contributed by atoms with Crippen LogP contribution in [0.2, 0.25) is 0 Å². The van der Waals surface area contributed by atoms with Crippen LogP contribution in [-0.4, -0.2) is 12.0 Å². The summed E-state index contributed by atoms with van der Waals surface area (Å²) in [6.07, 6.45) is -1.09. The number of para-hydroxylation sites is 1. The average Bonchev–Trinajstić information content (AvgIpc) is 2.15. The molecule has 0 saturated heterocycles. The molecule has 5 nitrogen and oxygen atoms in total. The van der Waals surface area contributed by atoms with Gasteiger partial charge in [-0.2, -0.15) is 0 Å². The third kappa shape index (κ3) is 3.68. The Morgan fingerprint density at radius 1 is 1.40 bits per heavy atom. The minimum atomic E-state index is -1.09. The molecule has 1 aromatic rings. The summed E-state index contributed by atoms with van der Waals surface area (Å²) in [6, 6.07) is 6.94. The quantitative estimate of drug-likeness (QED) is 0.816. The number of hydrogen-bond acceptors (Lipinski definition) is 3. The second kappa shape index (κ2) is 4.99. The molecule has 2 amide bonds. The molecule has 15 heavy (non-hydrogen) atoms. The fourth-order valence-corrected chi connectivity index (χ4v) is 1.10. The lowest BCUT2D eigenvalue weighted by Crippen LogP contribution is -2.10. The molecule has 0 aliphatic heterocycles. The predicted molar refractivity (Wildman–Crippen MR) is 54.0 cm³/mol. The predicted octanol–water partition coefficient (Wildman–Crippen LogP) is 1.56. The van der Waals surface area contributed by atoms with Crippen LogP contribution in [0.1, 0.15) is 12.5 Å². The van der Waals surface area contributed by atoms with Crippen LogP contribution < -0.4 is 11.1 Å². The number of benzene rings is 1. The molecular formula is C10H11N2O3. The summed E-state index contributed by atoms with van der Waals surface area (Å²) >= 11 is 0. The molecule has 2 N–H and O–H groups in total.